The van der Waals surface area contributed by atoms with E-state index in [9.17, 15) is 4.79 Å². The molecule has 0 amide bonds. The Morgan fingerprint density at radius 1 is 1.53 bits per heavy atom. The van der Waals surface area contributed by atoms with Gasteiger partial charge >= 0.3 is 5.97 Å². The van der Waals surface area contributed by atoms with Gasteiger partial charge in [-0.25, -0.2) is 9.48 Å². The van der Waals surface area contributed by atoms with E-state index in [-0.39, 0.29) is 5.82 Å². The van der Waals surface area contributed by atoms with E-state index in [4.69, 9.17) is 0 Å². The van der Waals surface area contributed by atoms with E-state index in [2.05, 4.69) is 25.5 Å². The van der Waals surface area contributed by atoms with Crippen molar-refractivity contribution in [1.29, 1.82) is 0 Å². The third-order valence-electron chi connectivity index (χ3n) is 3.40. The lowest BCUT2D eigenvalue weighted by molar-refractivity contribution is 0.0585. The molecule has 2 N–H and O–H groups in total. The predicted molar refractivity (Wildman–Crippen MR) is 59.9 cm³/mol. The molecule has 92 valence electrons. The summed E-state index contributed by atoms with van der Waals surface area (Å²) < 4.78 is 6.47. The summed E-state index contributed by atoms with van der Waals surface area (Å²) in [6, 6.07) is 0.332. The Morgan fingerprint density at radius 2 is 2.41 bits per heavy atom. The van der Waals surface area contributed by atoms with Gasteiger partial charge < -0.3 is 15.4 Å². The molecule has 0 radical (unpaired) electrons. The van der Waals surface area contributed by atoms with Crippen LogP contribution in [0.3, 0.4) is 0 Å². The second-order valence-electron chi connectivity index (χ2n) is 4.40. The van der Waals surface area contributed by atoms with Crippen LogP contribution >= 0.6 is 0 Å². The number of methoxy groups -OCH3 is 1. The Kier molecular flexibility index (Phi) is 2.47. The number of carbonyl (C=O) groups is 1. The highest BCUT2D eigenvalue weighted by Gasteiger charge is 2.34. The Bertz CT molecular complexity index is 444. The Hall–Kier alpha value is -1.63. The van der Waals surface area contributed by atoms with Crippen LogP contribution in [0.2, 0.25) is 0 Å². The molecule has 2 unspecified atom stereocenters. The van der Waals surface area contributed by atoms with Gasteiger partial charge in [0.2, 0.25) is 5.95 Å². The lowest BCUT2D eigenvalue weighted by Crippen LogP contribution is -2.44. The highest BCUT2D eigenvalue weighted by atomic mass is 16.5. The first kappa shape index (κ1) is 10.5. The van der Waals surface area contributed by atoms with Gasteiger partial charge in [0, 0.05) is 19.0 Å². The van der Waals surface area contributed by atoms with E-state index in [1.807, 2.05) is 4.68 Å². The highest BCUT2D eigenvalue weighted by Crippen LogP contribution is 2.30. The Balaban J connectivity index is 1.93. The zero-order valence-electron chi connectivity index (χ0n) is 9.64. The highest BCUT2D eigenvalue weighted by molar-refractivity contribution is 5.85. The summed E-state index contributed by atoms with van der Waals surface area (Å²) in [6.45, 7) is 2.83. The minimum Gasteiger partial charge on any atom is -0.463 e. The van der Waals surface area contributed by atoms with E-state index in [0.717, 1.165) is 26.1 Å². The molecule has 2 atom stereocenters. The number of carbonyl (C=O) groups excluding carboxylic acids is 1. The second-order valence-corrected chi connectivity index (χ2v) is 4.40. The van der Waals surface area contributed by atoms with E-state index in [1.165, 1.54) is 7.11 Å². The van der Waals surface area contributed by atoms with Gasteiger partial charge in [0.1, 0.15) is 0 Å². The van der Waals surface area contributed by atoms with Crippen molar-refractivity contribution in [3.05, 3.63) is 5.82 Å². The number of anilines is 1. The molecule has 0 bridgehead atoms. The molecule has 1 saturated heterocycles. The second kappa shape index (κ2) is 3.99. The van der Waals surface area contributed by atoms with Gasteiger partial charge in [-0.15, -0.1) is 5.10 Å². The van der Waals surface area contributed by atoms with Crippen LogP contribution in [0.4, 0.5) is 5.95 Å². The molecule has 1 aromatic heterocycles. The summed E-state index contributed by atoms with van der Waals surface area (Å²) in [6.07, 6.45) is 1.02. The molecule has 1 aromatic rings. The van der Waals surface area contributed by atoms with Gasteiger partial charge in [-0.1, -0.05) is 0 Å². The zero-order valence-corrected chi connectivity index (χ0v) is 9.64. The fourth-order valence-corrected chi connectivity index (χ4v) is 2.51. The molecule has 3 rings (SSSR count). The smallest absolute Gasteiger partial charge is 0.378 e. The maximum Gasteiger partial charge on any atom is 0.378 e. The number of hydrogen-bond donors (Lipinski definition) is 2. The van der Waals surface area contributed by atoms with Crippen LogP contribution in [0, 0.1) is 5.92 Å². The lowest BCUT2D eigenvalue weighted by Gasteiger charge is -2.36. The topological polar surface area (TPSA) is 81.1 Å². The van der Waals surface area contributed by atoms with Crippen molar-refractivity contribution >= 4 is 11.9 Å². The van der Waals surface area contributed by atoms with Crippen molar-refractivity contribution in [3.8, 4) is 0 Å². The minimum atomic E-state index is -0.487. The van der Waals surface area contributed by atoms with Gasteiger partial charge in [0.15, 0.2) is 0 Å². The van der Waals surface area contributed by atoms with Crippen LogP contribution in [0.5, 0.6) is 0 Å². The van der Waals surface area contributed by atoms with Gasteiger partial charge in [-0.3, -0.25) is 0 Å². The van der Waals surface area contributed by atoms with E-state index >= 15 is 0 Å². The molecule has 1 fully saturated rings. The molecule has 0 aliphatic carbocycles. The van der Waals surface area contributed by atoms with Crippen molar-refractivity contribution < 1.29 is 9.53 Å². The third kappa shape index (κ3) is 1.66. The number of nitrogens with zero attached hydrogens (tertiary/aromatic N) is 3. The molecule has 7 heteroatoms. The molecule has 0 aromatic carbocycles. The monoisotopic (exact) mass is 237 g/mol. The number of hydrogen-bond acceptors (Lipinski definition) is 6. The lowest BCUT2D eigenvalue weighted by atomic mass is 9.92. The van der Waals surface area contributed by atoms with E-state index in [0.29, 0.717) is 17.9 Å². The van der Waals surface area contributed by atoms with Crippen LogP contribution in [-0.2, 0) is 4.74 Å². The first-order valence-electron chi connectivity index (χ1n) is 5.79. The fourth-order valence-electron chi connectivity index (χ4n) is 2.51. The van der Waals surface area contributed by atoms with Gasteiger partial charge in [-0.2, -0.15) is 4.98 Å². The molecule has 2 aliphatic heterocycles. The maximum absolute atomic E-state index is 11.4. The number of esters is 1. The van der Waals surface area contributed by atoms with Gasteiger partial charge in [0.05, 0.1) is 13.2 Å². The number of rotatable bonds is 1. The van der Waals surface area contributed by atoms with Crippen molar-refractivity contribution in [2.24, 2.45) is 5.92 Å². The van der Waals surface area contributed by atoms with Crippen LogP contribution in [0.15, 0.2) is 0 Å². The molecule has 17 heavy (non-hydrogen) atoms. The zero-order chi connectivity index (χ0) is 11.8. The number of ether oxygens (including phenoxy) is 1. The third-order valence-corrected chi connectivity index (χ3v) is 3.40. The number of nitrogens with one attached hydrogen (secondary N) is 2. The van der Waals surface area contributed by atoms with Crippen molar-refractivity contribution in [2.45, 2.75) is 12.5 Å². The average Bonchev–Trinajstić information content (AvgIpc) is 2.82. The average molecular weight is 237 g/mol. The Morgan fingerprint density at radius 3 is 3.24 bits per heavy atom. The van der Waals surface area contributed by atoms with Gasteiger partial charge in [-0.05, 0) is 13.0 Å². The fraction of sp³-hybridized carbons (Fsp3) is 0.700. The Labute approximate surface area is 98.5 Å². The summed E-state index contributed by atoms with van der Waals surface area (Å²) >= 11 is 0. The summed E-state index contributed by atoms with van der Waals surface area (Å²) in [4.78, 5) is 15.5. The largest absolute Gasteiger partial charge is 0.463 e. The van der Waals surface area contributed by atoms with Crippen molar-refractivity contribution in [2.75, 3.05) is 32.1 Å². The van der Waals surface area contributed by atoms with E-state index < -0.39 is 5.97 Å². The van der Waals surface area contributed by atoms with E-state index in [1.54, 1.807) is 0 Å². The van der Waals surface area contributed by atoms with Crippen molar-refractivity contribution in [3.63, 3.8) is 0 Å². The molecular weight excluding hydrogens is 222 g/mol. The molecule has 2 aliphatic rings. The number of fused-ring (bicyclic) bond motifs is 3. The SMILES string of the molecule is COC(=O)c1nc2n(n1)C1CCNCC1CN2. The first-order chi connectivity index (χ1) is 8.29. The summed E-state index contributed by atoms with van der Waals surface area (Å²) in [5.41, 5.74) is 0. The molecule has 0 spiro atoms. The minimum absolute atomic E-state index is 0.134. The predicted octanol–water partition coefficient (Wildman–Crippen LogP) is -0.359. The molecule has 7 nitrogen and oxygen atoms in total. The van der Waals surface area contributed by atoms with Crippen molar-refractivity contribution in [1.82, 2.24) is 20.1 Å². The molecule has 0 saturated carbocycles. The van der Waals surface area contributed by atoms with Crippen LogP contribution in [0.1, 0.15) is 23.1 Å². The van der Waals surface area contributed by atoms with Crippen LogP contribution < -0.4 is 10.6 Å². The quantitative estimate of drug-likeness (QED) is 0.649. The van der Waals surface area contributed by atoms with Gasteiger partial charge in [0.25, 0.3) is 5.82 Å². The summed E-state index contributed by atoms with van der Waals surface area (Å²) in [7, 11) is 1.34. The molecule has 3 heterocycles. The standard InChI is InChI=1S/C10H15N5O2/c1-17-9(16)8-13-10-12-5-6-4-11-3-2-7(6)15(10)14-8/h6-7,11H,2-5H2,1H3,(H,12,13,14). The summed E-state index contributed by atoms with van der Waals surface area (Å²) in [5, 5.41) is 10.8. The molecular formula is C10H15N5O2. The van der Waals surface area contributed by atoms with Crippen LogP contribution in [-0.4, -0.2) is 47.5 Å². The van der Waals surface area contributed by atoms with Crippen LogP contribution in [0.25, 0.3) is 0 Å². The first-order valence-corrected chi connectivity index (χ1v) is 5.79. The number of piperidine rings is 1. The number of aromatic nitrogens is 3. The summed E-state index contributed by atoms with van der Waals surface area (Å²) in [5.74, 6) is 0.824. The normalized spacial score (nSPS) is 26.6. The maximum atomic E-state index is 11.4.